The number of piperazine rings is 1. The molecule has 13 heteroatoms. The van der Waals surface area contributed by atoms with Crippen LogP contribution in [0.5, 0.6) is 5.75 Å². The van der Waals surface area contributed by atoms with Gasteiger partial charge in [0.15, 0.2) is 0 Å². The van der Waals surface area contributed by atoms with E-state index in [4.69, 9.17) is 30.5 Å². The summed E-state index contributed by atoms with van der Waals surface area (Å²) in [6.45, 7) is 10.6. The number of nitrogens with one attached hydrogen (secondary N) is 1. The van der Waals surface area contributed by atoms with Gasteiger partial charge in [0.2, 0.25) is 10.0 Å². The van der Waals surface area contributed by atoms with Crippen LogP contribution in [0, 0.1) is 17.8 Å². The molecule has 0 unspecified atom stereocenters. The largest absolute Gasteiger partial charge is 0.487 e. The summed E-state index contributed by atoms with van der Waals surface area (Å²) in [5, 5.41) is -0.0680. The van der Waals surface area contributed by atoms with E-state index in [0.717, 1.165) is 120 Å². The van der Waals surface area contributed by atoms with Crippen LogP contribution in [-0.2, 0) is 37.3 Å². The van der Waals surface area contributed by atoms with Gasteiger partial charge in [-0.2, -0.15) is 0 Å². The molecule has 1 N–H and O–H groups in total. The van der Waals surface area contributed by atoms with E-state index in [1.54, 1.807) is 13.2 Å². The highest BCUT2D eigenvalue weighted by atomic mass is 35.5. The second kappa shape index (κ2) is 18.0. The second-order valence-electron chi connectivity index (χ2n) is 16.7. The molecule has 4 aliphatic heterocycles. The van der Waals surface area contributed by atoms with Crippen LogP contribution in [0.25, 0.3) is 0 Å². The zero-order valence-corrected chi connectivity index (χ0v) is 34.6. The molecule has 55 heavy (non-hydrogen) atoms. The summed E-state index contributed by atoms with van der Waals surface area (Å²) in [5.41, 5.74) is 3.01. The fourth-order valence-electron chi connectivity index (χ4n) is 10.0. The van der Waals surface area contributed by atoms with Crippen LogP contribution in [0.2, 0.25) is 5.02 Å². The zero-order chi connectivity index (χ0) is 38.6. The minimum atomic E-state index is -4.04. The number of hydrogen-bond donors (Lipinski definition) is 1. The van der Waals surface area contributed by atoms with Gasteiger partial charge in [-0.3, -0.25) is 14.6 Å². The van der Waals surface area contributed by atoms with Crippen molar-refractivity contribution in [2.24, 2.45) is 17.8 Å². The smallest absolute Gasteiger partial charge is 0.264 e. The predicted octanol–water partition coefficient (Wildman–Crippen LogP) is 5.77. The average molecular weight is 801 g/mol. The number of halogens is 1. The molecular weight excluding hydrogens is 740 g/mol. The van der Waals surface area contributed by atoms with E-state index >= 15 is 0 Å². The number of sulfonamides is 1. The van der Waals surface area contributed by atoms with Crippen LogP contribution in [0.15, 0.2) is 36.4 Å². The first-order valence-corrected chi connectivity index (χ1v) is 22.4. The van der Waals surface area contributed by atoms with Crippen molar-refractivity contribution in [2.75, 3.05) is 84.8 Å². The van der Waals surface area contributed by atoms with E-state index in [1.807, 2.05) is 44.4 Å². The number of carbonyl (C=O) groups excluding carboxylic acids is 1. The molecule has 1 amide bonds. The summed E-state index contributed by atoms with van der Waals surface area (Å²) < 4.78 is 55.3. The predicted molar refractivity (Wildman–Crippen MR) is 216 cm³/mol. The molecule has 7 rings (SSSR count). The van der Waals surface area contributed by atoms with Gasteiger partial charge in [0.05, 0.1) is 29.8 Å². The summed E-state index contributed by atoms with van der Waals surface area (Å²) in [6, 6.07) is 11.7. The monoisotopic (exact) mass is 800 g/mol. The molecule has 0 spiro atoms. The number of hydrogen-bond acceptors (Lipinski definition) is 10. The summed E-state index contributed by atoms with van der Waals surface area (Å²) in [4.78, 5) is 21.4. The number of anilines is 1. The molecule has 2 saturated heterocycles. The molecule has 5 aliphatic rings. The number of ether oxygens (including phenoxy) is 4. The molecule has 2 aromatic rings. The van der Waals surface area contributed by atoms with Gasteiger partial charge in [-0.1, -0.05) is 31.0 Å². The SMILES string of the molecule is COCC[C@@H]1[C@@H](C)CCC[C@](CN2CCN3CCOC[C@@H]3C2)(OC)[C@@H]2CC[C@H]2CN2CCCCc3cc(Cl)ccc3COc3ccc(cc32)C(=O)NS1(=O)=O. The lowest BCUT2D eigenvalue weighted by molar-refractivity contribution is -0.140. The number of benzene rings is 2. The van der Waals surface area contributed by atoms with E-state index in [1.165, 1.54) is 5.56 Å². The van der Waals surface area contributed by atoms with Crippen molar-refractivity contribution in [2.45, 2.75) is 88.2 Å². The van der Waals surface area contributed by atoms with Crippen LogP contribution in [0.4, 0.5) is 5.69 Å². The van der Waals surface area contributed by atoms with Crippen LogP contribution in [-0.4, -0.2) is 121 Å². The van der Waals surface area contributed by atoms with Gasteiger partial charge in [0, 0.05) is 83.3 Å². The van der Waals surface area contributed by atoms with E-state index in [-0.39, 0.29) is 18.1 Å². The minimum absolute atomic E-state index is 0.197. The molecule has 0 radical (unpaired) electrons. The maximum absolute atomic E-state index is 14.1. The highest BCUT2D eigenvalue weighted by Crippen LogP contribution is 2.48. The number of morpholine rings is 1. The third-order valence-corrected chi connectivity index (χ3v) is 15.5. The molecule has 2 aromatic carbocycles. The summed E-state index contributed by atoms with van der Waals surface area (Å²) in [6.07, 6.45) is 7.66. The lowest BCUT2D eigenvalue weighted by Gasteiger charge is -2.54. The Bertz CT molecular complexity index is 1750. The Morgan fingerprint density at radius 3 is 2.65 bits per heavy atom. The minimum Gasteiger partial charge on any atom is -0.487 e. The first-order chi connectivity index (χ1) is 26.6. The van der Waals surface area contributed by atoms with Gasteiger partial charge in [-0.15, -0.1) is 0 Å². The molecule has 0 aromatic heterocycles. The topological polar surface area (TPSA) is 110 Å². The van der Waals surface area contributed by atoms with Gasteiger partial charge >= 0.3 is 0 Å². The number of nitrogens with zero attached hydrogens (tertiary/aromatic N) is 3. The average Bonchev–Trinajstić information content (AvgIpc) is 3.19. The molecule has 6 atom stereocenters. The molecule has 3 fully saturated rings. The summed E-state index contributed by atoms with van der Waals surface area (Å²) >= 11 is 6.43. The van der Waals surface area contributed by atoms with Gasteiger partial charge in [0.25, 0.3) is 5.91 Å². The van der Waals surface area contributed by atoms with Crippen LogP contribution in [0.3, 0.4) is 0 Å². The molecule has 2 bridgehead atoms. The number of rotatable bonds is 6. The standard InChI is InChI=1S/C42H61ClN4O7S/c1-30-7-6-16-42(52-3,29-45-18-19-46-20-22-53-28-36(46)26-45)37-13-10-33(37)25-47-17-5-4-8-31-23-35(43)12-9-34(31)27-54-39-14-11-32(24-38(39)47)41(48)44-55(49,50)40(30)15-21-51-2/h9,11-12,14,23-24,30,33,36-37,40H,4-8,10,13,15-22,25-29H2,1-3H3,(H,44,48)/t30-,33-,36-,37+,40+,42+/m0/s1. The van der Waals surface area contributed by atoms with Crippen molar-refractivity contribution in [3.05, 3.63) is 58.1 Å². The maximum atomic E-state index is 14.1. The zero-order valence-electron chi connectivity index (χ0n) is 33.0. The Morgan fingerprint density at radius 2 is 1.85 bits per heavy atom. The number of methoxy groups -OCH3 is 2. The Kier molecular flexibility index (Phi) is 13.3. The normalized spacial score (nSPS) is 31.0. The first-order valence-electron chi connectivity index (χ1n) is 20.5. The molecule has 304 valence electrons. The van der Waals surface area contributed by atoms with Crippen LogP contribution >= 0.6 is 11.6 Å². The van der Waals surface area contributed by atoms with Crippen LogP contribution < -0.4 is 14.4 Å². The summed E-state index contributed by atoms with van der Waals surface area (Å²) in [5.74, 6) is 0.566. The van der Waals surface area contributed by atoms with E-state index in [9.17, 15) is 13.2 Å². The molecule has 4 heterocycles. The van der Waals surface area contributed by atoms with Crippen molar-refractivity contribution in [1.82, 2.24) is 14.5 Å². The lowest BCUT2D eigenvalue weighted by atomic mass is 9.62. The van der Waals surface area contributed by atoms with Gasteiger partial charge in [-0.25, -0.2) is 13.1 Å². The van der Waals surface area contributed by atoms with E-state index < -0.39 is 21.2 Å². The third kappa shape index (κ3) is 9.32. The highest BCUT2D eigenvalue weighted by Gasteiger charge is 2.50. The Morgan fingerprint density at radius 1 is 0.982 bits per heavy atom. The lowest BCUT2D eigenvalue weighted by Crippen LogP contribution is -2.63. The number of amides is 1. The Hall–Kier alpha value is -2.45. The fourth-order valence-corrected chi connectivity index (χ4v) is 11.9. The molecule has 1 aliphatic carbocycles. The van der Waals surface area contributed by atoms with Crippen molar-refractivity contribution < 1.29 is 32.2 Å². The Balaban J connectivity index is 1.25. The van der Waals surface area contributed by atoms with Gasteiger partial charge in [0.1, 0.15) is 12.4 Å². The number of carbonyl (C=O) groups is 1. The third-order valence-electron chi connectivity index (χ3n) is 13.3. The quantitative estimate of drug-likeness (QED) is 0.387. The Labute approximate surface area is 333 Å². The highest BCUT2D eigenvalue weighted by molar-refractivity contribution is 7.90. The summed E-state index contributed by atoms with van der Waals surface area (Å²) in [7, 11) is -0.563. The fraction of sp³-hybridized carbons (Fsp3) is 0.690. The van der Waals surface area contributed by atoms with Crippen molar-refractivity contribution >= 4 is 33.2 Å². The van der Waals surface area contributed by atoms with Gasteiger partial charge in [-0.05, 0) is 111 Å². The van der Waals surface area contributed by atoms with Crippen molar-refractivity contribution in [1.29, 1.82) is 0 Å². The first kappa shape index (κ1) is 40.7. The van der Waals surface area contributed by atoms with Crippen LogP contribution in [0.1, 0.15) is 79.8 Å². The number of fused-ring (bicyclic) bond motifs is 4. The van der Waals surface area contributed by atoms with E-state index in [2.05, 4.69) is 19.4 Å². The second-order valence-corrected chi connectivity index (χ2v) is 19.0. The van der Waals surface area contributed by atoms with Crippen molar-refractivity contribution in [3.8, 4) is 5.75 Å². The number of aryl methyl sites for hydroxylation is 1. The van der Waals surface area contributed by atoms with E-state index in [0.29, 0.717) is 48.6 Å². The van der Waals surface area contributed by atoms with Crippen molar-refractivity contribution in [3.63, 3.8) is 0 Å². The molecule has 11 nitrogen and oxygen atoms in total. The maximum Gasteiger partial charge on any atom is 0.264 e. The van der Waals surface area contributed by atoms with Gasteiger partial charge < -0.3 is 23.8 Å². The molecular formula is C42H61ClN4O7S. The molecule has 1 saturated carbocycles.